The fraction of sp³-hybridized carbons (Fsp3) is 0.250. The number of nitrogens with zero attached hydrogens (tertiary/aromatic N) is 2. The van der Waals surface area contributed by atoms with Crippen LogP contribution < -0.4 is 19.5 Å². The Hall–Kier alpha value is -3.98. The number of nitrogens with one attached hydrogen (secondary N) is 1. The van der Waals surface area contributed by atoms with Crippen LogP contribution in [0.4, 0.5) is 11.4 Å². The molecule has 2 amide bonds. The van der Waals surface area contributed by atoms with Crippen molar-refractivity contribution in [3.05, 3.63) is 78.4 Å². The average Bonchev–Trinajstić information content (AvgIpc) is 2.93. The number of amides is 2. The van der Waals surface area contributed by atoms with E-state index in [2.05, 4.69) is 5.32 Å². The lowest BCUT2D eigenvalue weighted by atomic mass is 10.1. The van der Waals surface area contributed by atoms with Gasteiger partial charge >= 0.3 is 0 Å². The monoisotopic (exact) mass is 519 g/mol. The van der Waals surface area contributed by atoms with Gasteiger partial charge in [0.15, 0.2) is 16.7 Å². The molecular weight excluding hydrogens is 490 g/mol. The molecule has 0 bridgehead atoms. The van der Waals surface area contributed by atoms with Crippen molar-refractivity contribution in [2.75, 3.05) is 33.2 Å². The van der Waals surface area contributed by atoms with E-state index in [4.69, 9.17) is 19.2 Å². The van der Waals surface area contributed by atoms with E-state index in [0.29, 0.717) is 46.8 Å². The fourth-order valence-corrected chi connectivity index (χ4v) is 4.97. The number of benzene rings is 3. The maximum atomic E-state index is 13.3. The number of hydrogen-bond acceptors (Lipinski definition) is 7. The largest absolute Gasteiger partial charge is 0.497 e. The summed E-state index contributed by atoms with van der Waals surface area (Å²) in [5.41, 5.74) is 2.34. The molecule has 0 aromatic heterocycles. The van der Waals surface area contributed by atoms with Crippen molar-refractivity contribution in [1.82, 2.24) is 4.90 Å². The zero-order valence-electron chi connectivity index (χ0n) is 21.0. The molecule has 1 aliphatic rings. The lowest BCUT2D eigenvalue weighted by molar-refractivity contribution is -0.129. The lowest BCUT2D eigenvalue weighted by Crippen LogP contribution is -2.46. The summed E-state index contributed by atoms with van der Waals surface area (Å²) in [7, 11) is 4.77. The molecule has 37 heavy (non-hydrogen) atoms. The van der Waals surface area contributed by atoms with Crippen LogP contribution in [0.2, 0.25) is 0 Å². The van der Waals surface area contributed by atoms with Crippen molar-refractivity contribution in [2.24, 2.45) is 4.99 Å². The van der Waals surface area contributed by atoms with Crippen LogP contribution in [0.3, 0.4) is 0 Å². The second kappa shape index (κ2) is 12.3. The minimum atomic E-state index is -0.602. The van der Waals surface area contributed by atoms with E-state index >= 15 is 0 Å². The van der Waals surface area contributed by atoms with Gasteiger partial charge in [0.05, 0.1) is 27.0 Å². The van der Waals surface area contributed by atoms with Gasteiger partial charge in [0, 0.05) is 18.7 Å². The third kappa shape index (κ3) is 6.62. The first-order valence-corrected chi connectivity index (χ1v) is 12.6. The summed E-state index contributed by atoms with van der Waals surface area (Å²) in [5.74, 6) is 1.58. The predicted molar refractivity (Wildman–Crippen MR) is 146 cm³/mol. The van der Waals surface area contributed by atoms with E-state index in [1.165, 1.54) is 11.8 Å². The quantitative estimate of drug-likeness (QED) is 0.432. The summed E-state index contributed by atoms with van der Waals surface area (Å²) >= 11 is 1.30. The summed E-state index contributed by atoms with van der Waals surface area (Å²) in [6, 6.07) is 22.2. The number of ether oxygens (including phenoxy) is 3. The van der Waals surface area contributed by atoms with Crippen LogP contribution in [0, 0.1) is 0 Å². The summed E-state index contributed by atoms with van der Waals surface area (Å²) < 4.78 is 15.9. The number of rotatable bonds is 9. The van der Waals surface area contributed by atoms with Gasteiger partial charge < -0.3 is 19.5 Å². The second-order valence-corrected chi connectivity index (χ2v) is 9.41. The molecule has 192 valence electrons. The zero-order valence-corrected chi connectivity index (χ0v) is 21.8. The molecule has 1 fully saturated rings. The van der Waals surface area contributed by atoms with Crippen molar-refractivity contribution < 1.29 is 23.8 Å². The van der Waals surface area contributed by atoms with E-state index in [1.54, 1.807) is 50.5 Å². The highest BCUT2D eigenvalue weighted by Crippen LogP contribution is 2.31. The average molecular weight is 520 g/mol. The Balaban J connectivity index is 1.52. The van der Waals surface area contributed by atoms with Gasteiger partial charge in [0.25, 0.3) is 0 Å². The van der Waals surface area contributed by atoms with Crippen LogP contribution in [0.25, 0.3) is 0 Å². The summed E-state index contributed by atoms with van der Waals surface area (Å²) in [4.78, 5) is 32.7. The third-order valence-corrected chi connectivity index (χ3v) is 7.03. The highest BCUT2D eigenvalue weighted by Gasteiger charge is 2.35. The molecule has 0 spiro atoms. The number of amidine groups is 1. The maximum Gasteiger partial charge on any atom is 0.238 e. The number of para-hydroxylation sites is 1. The van der Waals surface area contributed by atoms with E-state index < -0.39 is 5.25 Å². The number of hydrogen-bond donors (Lipinski definition) is 1. The van der Waals surface area contributed by atoms with Crippen LogP contribution in [0.1, 0.15) is 12.0 Å². The first-order valence-electron chi connectivity index (χ1n) is 11.8. The predicted octanol–water partition coefficient (Wildman–Crippen LogP) is 4.92. The Morgan fingerprint density at radius 1 is 0.973 bits per heavy atom. The van der Waals surface area contributed by atoms with Gasteiger partial charge in [-0.1, -0.05) is 36.0 Å². The van der Waals surface area contributed by atoms with Crippen molar-refractivity contribution in [3.63, 3.8) is 0 Å². The third-order valence-electron chi connectivity index (χ3n) is 5.84. The number of thioether (sulfide) groups is 1. The van der Waals surface area contributed by atoms with Crippen LogP contribution >= 0.6 is 11.8 Å². The Kier molecular flexibility index (Phi) is 8.68. The van der Waals surface area contributed by atoms with E-state index in [-0.39, 0.29) is 18.2 Å². The lowest BCUT2D eigenvalue weighted by Gasteiger charge is -2.32. The smallest absolute Gasteiger partial charge is 0.238 e. The van der Waals surface area contributed by atoms with Gasteiger partial charge in [-0.05, 0) is 60.5 Å². The number of carbonyl (C=O) groups excluding carboxylic acids is 2. The Morgan fingerprint density at radius 2 is 1.70 bits per heavy atom. The van der Waals surface area contributed by atoms with Crippen LogP contribution in [0.5, 0.6) is 17.2 Å². The second-order valence-electron chi connectivity index (χ2n) is 8.24. The molecule has 1 heterocycles. The summed E-state index contributed by atoms with van der Waals surface area (Å²) in [6.07, 6.45) is 0.662. The van der Waals surface area contributed by atoms with Gasteiger partial charge in [-0.2, -0.15) is 0 Å². The first kappa shape index (κ1) is 26.1. The van der Waals surface area contributed by atoms with E-state index in [0.717, 1.165) is 5.56 Å². The highest BCUT2D eigenvalue weighted by molar-refractivity contribution is 8.15. The number of carbonyl (C=O) groups is 2. The molecule has 0 saturated carbocycles. The fourth-order valence-electron chi connectivity index (χ4n) is 3.85. The summed E-state index contributed by atoms with van der Waals surface area (Å²) in [6.45, 7) is 0.416. The molecule has 0 radical (unpaired) electrons. The highest BCUT2D eigenvalue weighted by atomic mass is 32.2. The van der Waals surface area contributed by atoms with E-state index in [1.807, 2.05) is 48.5 Å². The van der Waals surface area contributed by atoms with E-state index in [9.17, 15) is 9.59 Å². The molecule has 1 saturated heterocycles. The van der Waals surface area contributed by atoms with Crippen molar-refractivity contribution in [2.45, 2.75) is 18.1 Å². The topological polar surface area (TPSA) is 89.5 Å². The molecule has 4 rings (SSSR count). The number of methoxy groups -OCH3 is 3. The van der Waals surface area contributed by atoms with Crippen molar-refractivity contribution in [1.29, 1.82) is 0 Å². The molecule has 1 N–H and O–H groups in total. The van der Waals surface area contributed by atoms with Gasteiger partial charge in [0.1, 0.15) is 11.0 Å². The van der Waals surface area contributed by atoms with Gasteiger partial charge in [0.2, 0.25) is 11.8 Å². The Morgan fingerprint density at radius 3 is 2.38 bits per heavy atom. The molecule has 1 atom stereocenters. The normalized spacial score (nSPS) is 16.4. The van der Waals surface area contributed by atoms with Gasteiger partial charge in [-0.15, -0.1) is 0 Å². The van der Waals surface area contributed by atoms with Gasteiger partial charge in [-0.25, -0.2) is 4.99 Å². The minimum Gasteiger partial charge on any atom is -0.497 e. The maximum absolute atomic E-state index is 13.3. The summed E-state index contributed by atoms with van der Waals surface area (Å²) in [5, 5.41) is 2.79. The van der Waals surface area contributed by atoms with Gasteiger partial charge in [-0.3, -0.25) is 14.5 Å². The van der Waals surface area contributed by atoms with Crippen molar-refractivity contribution >= 4 is 40.1 Å². The number of anilines is 1. The molecule has 3 aromatic rings. The van der Waals surface area contributed by atoms with Crippen molar-refractivity contribution in [3.8, 4) is 17.2 Å². The van der Waals surface area contributed by atoms with Crippen LogP contribution in [-0.4, -0.2) is 55.0 Å². The minimum absolute atomic E-state index is 0.0758. The van der Waals surface area contributed by atoms with Crippen LogP contribution in [-0.2, 0) is 16.0 Å². The molecular formula is C28H29N3O5S. The molecule has 1 aliphatic heterocycles. The molecule has 9 heteroatoms. The standard InChI is InChI=1S/C28H29N3O5S/c1-34-22-12-10-21(11-13-22)29-27(33)25-18-26(32)31(28(37-25)30-20-7-5-4-6-8-20)16-15-19-9-14-23(35-2)24(17-19)36-3/h4-14,17,25H,15-16,18H2,1-3H3,(H,29,33). The molecule has 1 unspecified atom stereocenters. The first-order chi connectivity index (χ1) is 18.0. The zero-order chi connectivity index (χ0) is 26.2. The Labute approximate surface area is 220 Å². The molecule has 8 nitrogen and oxygen atoms in total. The SMILES string of the molecule is COc1ccc(NC(=O)C2CC(=O)N(CCc3ccc(OC)c(OC)c3)C(=Nc3ccccc3)S2)cc1. The molecule has 0 aliphatic carbocycles. The Bertz CT molecular complexity index is 1260. The molecule has 3 aromatic carbocycles. The van der Waals surface area contributed by atoms with Crippen LogP contribution in [0.15, 0.2) is 77.8 Å². The number of aliphatic imine (C=N–C) groups is 1.